The number of alkyl halides is 3. The summed E-state index contributed by atoms with van der Waals surface area (Å²) in [6.07, 6.45) is -2.14. The molecule has 0 bridgehead atoms. The minimum atomic E-state index is -4.65. The van der Waals surface area contributed by atoms with Gasteiger partial charge in [0, 0.05) is 13.1 Å². The van der Waals surface area contributed by atoms with Crippen LogP contribution in [0.25, 0.3) is 5.57 Å². The van der Waals surface area contributed by atoms with Gasteiger partial charge in [0.1, 0.15) is 11.3 Å². The zero-order valence-electron chi connectivity index (χ0n) is 13.1. The highest BCUT2D eigenvalue weighted by atomic mass is 19.4. The maximum Gasteiger partial charge on any atom is 0.431 e. The fourth-order valence-corrected chi connectivity index (χ4v) is 2.75. The predicted molar refractivity (Wildman–Crippen MR) is 87.0 cm³/mol. The van der Waals surface area contributed by atoms with Gasteiger partial charge in [0.25, 0.3) is 11.5 Å². The van der Waals surface area contributed by atoms with Gasteiger partial charge in [0.05, 0.1) is 0 Å². The number of aromatic amines is 1. The third-order valence-electron chi connectivity index (χ3n) is 4.09. The summed E-state index contributed by atoms with van der Waals surface area (Å²) < 4.78 is 37.8. The minimum Gasteiger partial charge on any atom is -0.334 e. The number of H-pyrrole nitrogens is 1. The molecule has 0 spiro atoms. The molecule has 1 aromatic carbocycles. The Morgan fingerprint density at radius 3 is 2.36 bits per heavy atom. The molecule has 4 nitrogen and oxygen atoms in total. The van der Waals surface area contributed by atoms with Crippen LogP contribution in [-0.4, -0.2) is 28.9 Å². The summed E-state index contributed by atoms with van der Waals surface area (Å²) in [6.45, 7) is 0.712. The van der Waals surface area contributed by atoms with Crippen molar-refractivity contribution in [3.05, 3.63) is 75.7 Å². The lowest BCUT2D eigenvalue weighted by atomic mass is 9.99. The van der Waals surface area contributed by atoms with Crippen molar-refractivity contribution in [3.63, 3.8) is 0 Å². The van der Waals surface area contributed by atoms with Gasteiger partial charge in [0.15, 0.2) is 0 Å². The molecule has 0 atom stereocenters. The van der Waals surface area contributed by atoms with Crippen molar-refractivity contribution in [2.45, 2.75) is 12.6 Å². The Morgan fingerprint density at radius 2 is 1.80 bits per heavy atom. The molecule has 130 valence electrons. The van der Waals surface area contributed by atoms with Crippen LogP contribution in [0, 0.1) is 0 Å². The summed E-state index contributed by atoms with van der Waals surface area (Å²) in [5.74, 6) is -0.571. The van der Waals surface area contributed by atoms with E-state index in [0.717, 1.165) is 17.2 Å². The van der Waals surface area contributed by atoms with Crippen molar-refractivity contribution in [2.75, 3.05) is 13.1 Å². The zero-order valence-corrected chi connectivity index (χ0v) is 13.1. The van der Waals surface area contributed by atoms with Crippen LogP contribution in [0.1, 0.15) is 28.0 Å². The summed E-state index contributed by atoms with van der Waals surface area (Å²) in [5, 5.41) is 0. The minimum absolute atomic E-state index is 0.287. The van der Waals surface area contributed by atoms with E-state index < -0.39 is 23.3 Å². The van der Waals surface area contributed by atoms with Gasteiger partial charge in [-0.15, -0.1) is 0 Å². The van der Waals surface area contributed by atoms with E-state index in [4.69, 9.17) is 0 Å². The average molecular weight is 348 g/mol. The molecule has 1 aliphatic rings. The molecule has 2 heterocycles. The predicted octanol–water partition coefficient (Wildman–Crippen LogP) is 3.32. The number of amides is 1. The molecule has 0 radical (unpaired) electrons. The fourth-order valence-electron chi connectivity index (χ4n) is 2.75. The number of hydrogen-bond acceptors (Lipinski definition) is 2. The molecule has 0 unspecified atom stereocenters. The smallest absolute Gasteiger partial charge is 0.334 e. The number of carbonyl (C=O) groups is 1. The first kappa shape index (κ1) is 17.0. The number of halogens is 3. The molecule has 1 aliphatic heterocycles. The van der Waals surface area contributed by atoms with E-state index in [1.54, 1.807) is 4.98 Å². The summed E-state index contributed by atoms with van der Waals surface area (Å²) in [6, 6.07) is 11.4. The van der Waals surface area contributed by atoms with Crippen LogP contribution in [0.4, 0.5) is 13.2 Å². The lowest BCUT2D eigenvalue weighted by Crippen LogP contribution is -2.38. The number of hydrogen-bond donors (Lipinski definition) is 1. The van der Waals surface area contributed by atoms with E-state index >= 15 is 0 Å². The van der Waals surface area contributed by atoms with Crippen LogP contribution in [0.15, 0.2) is 53.3 Å². The number of carbonyl (C=O) groups excluding carboxylic acids is 1. The van der Waals surface area contributed by atoms with Crippen LogP contribution in [-0.2, 0) is 6.18 Å². The molecule has 7 heteroatoms. The Bertz CT molecular complexity index is 870. The van der Waals surface area contributed by atoms with Gasteiger partial charge in [-0.2, -0.15) is 13.2 Å². The molecule has 0 aliphatic carbocycles. The Morgan fingerprint density at radius 1 is 1.08 bits per heavy atom. The monoisotopic (exact) mass is 348 g/mol. The van der Waals surface area contributed by atoms with Crippen molar-refractivity contribution < 1.29 is 18.0 Å². The normalized spacial score (nSPS) is 15.0. The van der Waals surface area contributed by atoms with Crippen LogP contribution >= 0.6 is 0 Å². The van der Waals surface area contributed by atoms with Crippen molar-refractivity contribution in [3.8, 4) is 0 Å². The van der Waals surface area contributed by atoms with Gasteiger partial charge in [-0.25, -0.2) is 0 Å². The quantitative estimate of drug-likeness (QED) is 0.905. The Hall–Kier alpha value is -2.83. The molecular weight excluding hydrogens is 333 g/mol. The second-order valence-corrected chi connectivity index (χ2v) is 5.71. The van der Waals surface area contributed by atoms with Gasteiger partial charge in [0.2, 0.25) is 0 Å². The molecule has 2 aromatic rings. The van der Waals surface area contributed by atoms with E-state index in [9.17, 15) is 22.8 Å². The molecule has 3 rings (SSSR count). The molecule has 1 N–H and O–H groups in total. The van der Waals surface area contributed by atoms with E-state index in [0.29, 0.717) is 25.6 Å². The lowest BCUT2D eigenvalue weighted by molar-refractivity contribution is -0.141. The number of nitrogens with one attached hydrogen (secondary N) is 1. The second kappa shape index (κ2) is 6.58. The molecule has 1 amide bonds. The van der Waals surface area contributed by atoms with Gasteiger partial charge in [-0.3, -0.25) is 9.59 Å². The molecule has 1 aromatic heterocycles. The lowest BCUT2D eigenvalue weighted by Gasteiger charge is -2.26. The third-order valence-corrected chi connectivity index (χ3v) is 4.09. The van der Waals surface area contributed by atoms with Gasteiger partial charge < -0.3 is 9.88 Å². The third kappa shape index (κ3) is 3.65. The molecule has 0 saturated carbocycles. The van der Waals surface area contributed by atoms with E-state index in [2.05, 4.69) is 0 Å². The number of benzene rings is 1. The maximum atomic E-state index is 12.6. The van der Waals surface area contributed by atoms with Crippen molar-refractivity contribution in [2.24, 2.45) is 0 Å². The summed E-state index contributed by atoms with van der Waals surface area (Å²) in [4.78, 5) is 27.4. The average Bonchev–Trinajstić information content (AvgIpc) is 2.61. The Labute approximate surface area is 141 Å². The largest absolute Gasteiger partial charge is 0.431 e. The first-order chi connectivity index (χ1) is 11.9. The van der Waals surface area contributed by atoms with Crippen LogP contribution < -0.4 is 5.56 Å². The zero-order chi connectivity index (χ0) is 18.0. The highest BCUT2D eigenvalue weighted by molar-refractivity contribution is 5.94. The molecular formula is C18H15F3N2O2. The van der Waals surface area contributed by atoms with Crippen LogP contribution in [0.3, 0.4) is 0 Å². The van der Waals surface area contributed by atoms with Gasteiger partial charge in [-0.05, 0) is 29.7 Å². The number of pyridine rings is 1. The first-order valence-corrected chi connectivity index (χ1v) is 7.70. The van der Waals surface area contributed by atoms with Gasteiger partial charge in [-0.1, -0.05) is 36.4 Å². The maximum absolute atomic E-state index is 12.6. The van der Waals surface area contributed by atoms with Crippen molar-refractivity contribution in [1.29, 1.82) is 0 Å². The number of rotatable bonds is 2. The standard InChI is InChI=1S/C18H15F3N2O2/c19-18(20,21)15-7-6-14(16(24)22-15)17(25)23-10-8-13(9-11-23)12-4-2-1-3-5-12/h1-8H,9-11H2,(H,22,24). The molecule has 0 fully saturated rings. The number of nitrogens with zero attached hydrogens (tertiary/aromatic N) is 1. The van der Waals surface area contributed by atoms with Crippen LogP contribution in [0.5, 0.6) is 0 Å². The van der Waals surface area contributed by atoms with Gasteiger partial charge >= 0.3 is 6.18 Å². The highest BCUT2D eigenvalue weighted by Crippen LogP contribution is 2.27. The fraction of sp³-hybridized carbons (Fsp3) is 0.222. The topological polar surface area (TPSA) is 53.2 Å². The molecule has 0 saturated heterocycles. The summed E-state index contributed by atoms with van der Waals surface area (Å²) in [5.41, 5.74) is -0.311. The van der Waals surface area contributed by atoms with E-state index in [1.807, 2.05) is 36.4 Å². The van der Waals surface area contributed by atoms with Crippen molar-refractivity contribution in [1.82, 2.24) is 9.88 Å². The Kier molecular flexibility index (Phi) is 4.48. The van der Waals surface area contributed by atoms with Crippen molar-refractivity contribution >= 4 is 11.5 Å². The van der Waals surface area contributed by atoms with Crippen LogP contribution in [0.2, 0.25) is 0 Å². The highest BCUT2D eigenvalue weighted by Gasteiger charge is 2.32. The summed E-state index contributed by atoms with van der Waals surface area (Å²) in [7, 11) is 0. The first-order valence-electron chi connectivity index (χ1n) is 7.70. The SMILES string of the molecule is O=C(c1ccc(C(F)(F)F)[nH]c1=O)N1CC=C(c2ccccc2)CC1. The summed E-state index contributed by atoms with van der Waals surface area (Å²) >= 11 is 0. The molecule has 25 heavy (non-hydrogen) atoms. The van der Waals surface area contributed by atoms with E-state index in [1.165, 1.54) is 4.90 Å². The second-order valence-electron chi connectivity index (χ2n) is 5.71. The number of aromatic nitrogens is 1. The Balaban J connectivity index is 1.77. The van der Waals surface area contributed by atoms with E-state index in [-0.39, 0.29) is 5.56 Å².